The first-order chi connectivity index (χ1) is 14.9. The molecule has 0 spiro atoms. The van der Waals surface area contributed by atoms with Crippen LogP contribution in [-0.4, -0.2) is 71.9 Å². The lowest BCUT2D eigenvalue weighted by atomic mass is 9.99. The van der Waals surface area contributed by atoms with E-state index < -0.39 is 60.7 Å². The highest BCUT2D eigenvalue weighted by atomic mass is 16.4. The smallest absolute Gasteiger partial charge is 0.326 e. The fourth-order valence-corrected chi connectivity index (χ4v) is 2.49. The second-order valence-corrected chi connectivity index (χ2v) is 7.27. The van der Waals surface area contributed by atoms with E-state index in [1.807, 2.05) is 6.92 Å². The van der Waals surface area contributed by atoms with Crippen LogP contribution in [0.5, 0.6) is 0 Å². The molecular formula is C18H34N8O6. The van der Waals surface area contributed by atoms with Crippen molar-refractivity contribution in [2.24, 2.45) is 33.8 Å². The largest absolute Gasteiger partial charge is 0.480 e. The van der Waals surface area contributed by atoms with Crippen molar-refractivity contribution < 1.29 is 29.1 Å². The minimum absolute atomic E-state index is 0.0532. The molecule has 0 radical (unpaired) electrons. The molecule has 0 saturated heterocycles. The van der Waals surface area contributed by atoms with E-state index in [1.165, 1.54) is 0 Å². The maximum atomic E-state index is 12.5. The van der Waals surface area contributed by atoms with Gasteiger partial charge in [0, 0.05) is 6.54 Å². The van der Waals surface area contributed by atoms with Gasteiger partial charge in [-0.15, -0.1) is 0 Å². The minimum atomic E-state index is -1.56. The summed E-state index contributed by atoms with van der Waals surface area (Å²) < 4.78 is 0. The number of carboxylic acid groups (broad SMARTS) is 1. The topological polar surface area (TPSA) is 258 Å². The Bertz CT molecular complexity index is 710. The number of primary amides is 1. The summed E-state index contributed by atoms with van der Waals surface area (Å²) in [6.07, 6.45) is 0.376. The molecule has 0 aliphatic rings. The molecule has 0 rings (SSSR count). The van der Waals surface area contributed by atoms with E-state index in [0.29, 0.717) is 6.42 Å². The molecular weight excluding hydrogens is 424 g/mol. The third-order valence-corrected chi connectivity index (χ3v) is 4.60. The molecule has 0 fully saturated rings. The Kier molecular flexibility index (Phi) is 13.0. The van der Waals surface area contributed by atoms with Crippen molar-refractivity contribution >= 4 is 35.6 Å². The minimum Gasteiger partial charge on any atom is -0.480 e. The Hall–Kier alpha value is -3.42. The number of carboxylic acids is 1. The number of hydrogen-bond donors (Lipinski definition) is 8. The Labute approximate surface area is 185 Å². The van der Waals surface area contributed by atoms with Crippen LogP contribution >= 0.6 is 0 Å². The number of carbonyl (C=O) groups excluding carboxylic acids is 4. The molecule has 32 heavy (non-hydrogen) atoms. The van der Waals surface area contributed by atoms with Crippen LogP contribution in [0.2, 0.25) is 0 Å². The maximum absolute atomic E-state index is 12.5. The lowest BCUT2D eigenvalue weighted by molar-refractivity contribution is -0.143. The van der Waals surface area contributed by atoms with E-state index in [4.69, 9.17) is 28.0 Å². The van der Waals surface area contributed by atoms with Gasteiger partial charge in [-0.05, 0) is 18.8 Å². The second-order valence-electron chi connectivity index (χ2n) is 7.27. The number of carbonyl (C=O) groups is 5. The van der Waals surface area contributed by atoms with Crippen LogP contribution in [0.1, 0.15) is 39.5 Å². The summed E-state index contributed by atoms with van der Waals surface area (Å²) in [6, 6.07) is -3.53. The average molecular weight is 459 g/mol. The highest BCUT2D eigenvalue weighted by Crippen LogP contribution is 2.05. The van der Waals surface area contributed by atoms with Crippen LogP contribution < -0.4 is 38.9 Å². The van der Waals surface area contributed by atoms with Gasteiger partial charge in [0.05, 0.1) is 19.0 Å². The van der Waals surface area contributed by atoms with E-state index in [2.05, 4.69) is 20.9 Å². The van der Waals surface area contributed by atoms with Crippen molar-refractivity contribution in [3.63, 3.8) is 0 Å². The monoisotopic (exact) mass is 458 g/mol. The number of rotatable bonds is 15. The highest BCUT2D eigenvalue weighted by Gasteiger charge is 2.28. The molecule has 0 aromatic carbocycles. The molecule has 12 N–H and O–H groups in total. The van der Waals surface area contributed by atoms with Gasteiger partial charge in [-0.3, -0.25) is 24.2 Å². The molecule has 0 aromatic heterocycles. The standard InChI is InChI=1S/C18H34N8O6/c1-3-9(2)14(20)16(30)24-8-13(28)25-10(5-4-6-23-18(21)22)15(29)26-11(17(31)32)7-12(19)27/h9-11,14H,3-8,20H2,1-2H3,(H2,19,27)(H,24,30)(H,25,28)(H,26,29)(H,31,32)(H4,21,22,23). The molecule has 0 aromatic rings. The van der Waals surface area contributed by atoms with E-state index >= 15 is 0 Å². The summed E-state index contributed by atoms with van der Waals surface area (Å²) >= 11 is 0. The zero-order valence-corrected chi connectivity index (χ0v) is 18.3. The number of aliphatic carboxylic acids is 1. The lowest BCUT2D eigenvalue weighted by Crippen LogP contribution is -2.54. The number of nitrogens with one attached hydrogen (secondary N) is 3. The Morgan fingerprint density at radius 2 is 1.62 bits per heavy atom. The predicted octanol–water partition coefficient (Wildman–Crippen LogP) is -3.54. The average Bonchev–Trinajstić information content (AvgIpc) is 2.71. The van der Waals surface area contributed by atoms with Gasteiger partial charge in [0.2, 0.25) is 23.6 Å². The van der Waals surface area contributed by atoms with Crippen molar-refractivity contribution in [3.05, 3.63) is 0 Å². The van der Waals surface area contributed by atoms with Crippen molar-refractivity contribution in [2.75, 3.05) is 13.1 Å². The predicted molar refractivity (Wildman–Crippen MR) is 116 cm³/mol. The third kappa shape index (κ3) is 11.7. The van der Waals surface area contributed by atoms with Gasteiger partial charge in [-0.25, -0.2) is 4.79 Å². The fraction of sp³-hybridized carbons (Fsp3) is 0.667. The third-order valence-electron chi connectivity index (χ3n) is 4.60. The molecule has 4 atom stereocenters. The first-order valence-corrected chi connectivity index (χ1v) is 10.1. The number of nitrogens with zero attached hydrogens (tertiary/aromatic N) is 1. The number of nitrogens with two attached hydrogens (primary N) is 4. The van der Waals surface area contributed by atoms with E-state index in [9.17, 15) is 24.0 Å². The first-order valence-electron chi connectivity index (χ1n) is 10.1. The van der Waals surface area contributed by atoms with E-state index in [1.54, 1.807) is 6.92 Å². The number of hydrogen-bond acceptors (Lipinski definition) is 7. The van der Waals surface area contributed by atoms with Gasteiger partial charge in [-0.1, -0.05) is 20.3 Å². The summed E-state index contributed by atoms with van der Waals surface area (Å²) in [5.74, 6) is -4.69. The van der Waals surface area contributed by atoms with Gasteiger partial charge in [-0.2, -0.15) is 0 Å². The van der Waals surface area contributed by atoms with Crippen LogP contribution in [-0.2, 0) is 24.0 Å². The van der Waals surface area contributed by atoms with Crippen molar-refractivity contribution in [1.29, 1.82) is 0 Å². The molecule has 0 aliphatic carbocycles. The molecule has 0 bridgehead atoms. The second kappa shape index (κ2) is 14.6. The number of guanidine groups is 1. The van der Waals surface area contributed by atoms with Gasteiger partial charge in [0.1, 0.15) is 12.1 Å². The normalized spacial score (nSPS) is 14.2. The molecule has 182 valence electrons. The molecule has 14 heteroatoms. The van der Waals surface area contributed by atoms with Crippen LogP contribution in [0.25, 0.3) is 0 Å². The molecule has 0 saturated carbocycles. The van der Waals surface area contributed by atoms with Gasteiger partial charge >= 0.3 is 5.97 Å². The van der Waals surface area contributed by atoms with Crippen LogP contribution in [0.3, 0.4) is 0 Å². The zero-order valence-electron chi connectivity index (χ0n) is 18.3. The number of aliphatic imine (C=N–C) groups is 1. The van der Waals surface area contributed by atoms with E-state index in [0.717, 1.165) is 0 Å². The molecule has 0 aliphatic heterocycles. The summed E-state index contributed by atoms with van der Waals surface area (Å²) in [5.41, 5.74) is 21.3. The summed E-state index contributed by atoms with van der Waals surface area (Å²) in [4.78, 5) is 62.9. The van der Waals surface area contributed by atoms with Crippen LogP contribution in [0.4, 0.5) is 0 Å². The quantitative estimate of drug-likeness (QED) is 0.0685. The first kappa shape index (κ1) is 28.6. The lowest BCUT2D eigenvalue weighted by Gasteiger charge is -2.21. The summed E-state index contributed by atoms with van der Waals surface area (Å²) in [7, 11) is 0. The number of amides is 4. The van der Waals surface area contributed by atoms with Gasteiger partial charge < -0.3 is 44.0 Å². The molecule has 4 amide bonds. The van der Waals surface area contributed by atoms with Crippen LogP contribution in [0, 0.1) is 5.92 Å². The van der Waals surface area contributed by atoms with E-state index in [-0.39, 0.29) is 31.3 Å². The Balaban J connectivity index is 5.10. The summed E-state index contributed by atoms with van der Waals surface area (Å²) in [5, 5.41) is 16.1. The molecule has 4 unspecified atom stereocenters. The van der Waals surface area contributed by atoms with Crippen molar-refractivity contribution in [1.82, 2.24) is 16.0 Å². The molecule has 0 heterocycles. The Morgan fingerprint density at radius 3 is 2.12 bits per heavy atom. The van der Waals surface area contributed by atoms with Crippen molar-refractivity contribution in [3.8, 4) is 0 Å². The highest BCUT2D eigenvalue weighted by molar-refractivity contribution is 5.93. The zero-order chi connectivity index (χ0) is 24.8. The van der Waals surface area contributed by atoms with Gasteiger partial charge in [0.25, 0.3) is 0 Å². The maximum Gasteiger partial charge on any atom is 0.326 e. The van der Waals surface area contributed by atoms with Crippen molar-refractivity contribution in [2.45, 2.75) is 57.7 Å². The summed E-state index contributed by atoms with van der Waals surface area (Å²) in [6.45, 7) is 3.39. The fourth-order valence-electron chi connectivity index (χ4n) is 2.49. The SMILES string of the molecule is CCC(C)C(N)C(=O)NCC(=O)NC(CCCN=C(N)N)C(=O)NC(CC(N)=O)C(=O)O. The molecule has 14 nitrogen and oxygen atoms in total. The Morgan fingerprint density at radius 1 is 1.00 bits per heavy atom. The van der Waals surface area contributed by atoms with Gasteiger partial charge in [0.15, 0.2) is 5.96 Å². The van der Waals surface area contributed by atoms with Crippen LogP contribution in [0.15, 0.2) is 4.99 Å².